The van der Waals surface area contributed by atoms with Crippen LogP contribution in [0.2, 0.25) is 0 Å². The quantitative estimate of drug-likeness (QED) is 0.873. The molecule has 0 aliphatic carbocycles. The third kappa shape index (κ3) is 3.06. The van der Waals surface area contributed by atoms with E-state index in [9.17, 15) is 0 Å². The lowest BCUT2D eigenvalue weighted by Gasteiger charge is -2.10. The fourth-order valence-corrected chi connectivity index (χ4v) is 2.44. The Morgan fingerprint density at radius 1 is 1.29 bits per heavy atom. The van der Waals surface area contributed by atoms with Crippen LogP contribution in [0.25, 0.3) is 0 Å². The number of nitrogens with zero attached hydrogens (tertiary/aromatic N) is 2. The van der Waals surface area contributed by atoms with Crippen LogP contribution < -0.4 is 5.32 Å². The molecule has 0 aromatic carbocycles. The molecule has 1 fully saturated rings. The zero-order chi connectivity index (χ0) is 12.1. The molecule has 1 aromatic heterocycles. The normalized spacial score (nSPS) is 21.7. The molecule has 0 amide bonds. The lowest BCUT2D eigenvalue weighted by molar-refractivity contribution is 0.337. The fourth-order valence-electron chi connectivity index (χ4n) is 2.44. The van der Waals surface area contributed by atoms with Gasteiger partial charge in [-0.05, 0) is 32.2 Å². The molecule has 0 spiro atoms. The monoisotopic (exact) mass is 237 g/mol. The molecule has 4 heteroatoms. The highest BCUT2D eigenvalue weighted by atomic mass is 16.5. The molecule has 1 aromatic rings. The molecule has 1 aliphatic rings. The van der Waals surface area contributed by atoms with E-state index in [0.29, 0.717) is 12.0 Å². The molecule has 1 atom stereocenters. The molecule has 1 N–H and O–H groups in total. The van der Waals surface area contributed by atoms with Crippen molar-refractivity contribution in [2.75, 3.05) is 6.54 Å². The zero-order valence-electron chi connectivity index (χ0n) is 10.9. The first kappa shape index (κ1) is 12.6. The van der Waals surface area contributed by atoms with E-state index < -0.39 is 0 Å². The molecule has 4 nitrogen and oxygen atoms in total. The number of nitrogens with one attached hydrogen (secondary N) is 1. The summed E-state index contributed by atoms with van der Waals surface area (Å²) in [4.78, 5) is 4.58. The Labute approximate surface area is 103 Å². The predicted molar refractivity (Wildman–Crippen MR) is 66.8 cm³/mol. The minimum atomic E-state index is 0.296. The number of hydrogen-bond donors (Lipinski definition) is 1. The maximum absolute atomic E-state index is 5.40. The largest absolute Gasteiger partial charge is 0.339 e. The van der Waals surface area contributed by atoms with Gasteiger partial charge in [-0.3, -0.25) is 0 Å². The molecule has 1 aliphatic heterocycles. The third-order valence-corrected chi connectivity index (χ3v) is 3.66. The highest BCUT2D eigenvalue weighted by Crippen LogP contribution is 2.25. The van der Waals surface area contributed by atoms with Gasteiger partial charge in [-0.25, -0.2) is 0 Å². The summed E-state index contributed by atoms with van der Waals surface area (Å²) in [5.74, 6) is 2.09. The topological polar surface area (TPSA) is 51.0 Å². The van der Waals surface area contributed by atoms with Crippen molar-refractivity contribution < 1.29 is 4.52 Å². The lowest BCUT2D eigenvalue weighted by atomic mass is 10.0. The van der Waals surface area contributed by atoms with Crippen LogP contribution in [-0.2, 0) is 0 Å². The van der Waals surface area contributed by atoms with Crippen molar-refractivity contribution in [1.82, 2.24) is 15.5 Å². The van der Waals surface area contributed by atoms with E-state index in [4.69, 9.17) is 4.52 Å². The summed E-state index contributed by atoms with van der Waals surface area (Å²) in [5, 5.41) is 7.65. The van der Waals surface area contributed by atoms with Gasteiger partial charge in [-0.2, -0.15) is 4.98 Å². The molecule has 2 heterocycles. The smallest absolute Gasteiger partial charge is 0.229 e. The van der Waals surface area contributed by atoms with E-state index in [-0.39, 0.29) is 0 Å². The molecule has 96 valence electrons. The Morgan fingerprint density at radius 2 is 2.12 bits per heavy atom. The molecule has 1 saturated heterocycles. The SMILES string of the molecule is CCC(CC)c1nc(C2CCCCCN2)no1. The molecular formula is C13H23N3O. The van der Waals surface area contributed by atoms with E-state index in [1.54, 1.807) is 0 Å². The maximum Gasteiger partial charge on any atom is 0.229 e. The van der Waals surface area contributed by atoms with Gasteiger partial charge >= 0.3 is 0 Å². The van der Waals surface area contributed by atoms with Crippen LogP contribution in [0.15, 0.2) is 4.52 Å². The van der Waals surface area contributed by atoms with E-state index in [0.717, 1.165) is 37.5 Å². The molecule has 2 rings (SSSR count). The van der Waals surface area contributed by atoms with E-state index in [1.165, 1.54) is 19.3 Å². The lowest BCUT2D eigenvalue weighted by Crippen LogP contribution is -2.21. The van der Waals surface area contributed by atoms with E-state index in [2.05, 4.69) is 29.3 Å². The van der Waals surface area contributed by atoms with Gasteiger partial charge in [-0.15, -0.1) is 0 Å². The van der Waals surface area contributed by atoms with Crippen LogP contribution in [0.3, 0.4) is 0 Å². The predicted octanol–water partition coefficient (Wildman–Crippen LogP) is 3.18. The summed E-state index contributed by atoms with van der Waals surface area (Å²) in [6.45, 7) is 5.41. The van der Waals surface area contributed by atoms with Gasteiger partial charge < -0.3 is 9.84 Å². The highest BCUT2D eigenvalue weighted by Gasteiger charge is 2.21. The van der Waals surface area contributed by atoms with Gasteiger partial charge in [0.2, 0.25) is 5.89 Å². The van der Waals surface area contributed by atoms with Gasteiger partial charge in [0.05, 0.1) is 6.04 Å². The van der Waals surface area contributed by atoms with Gasteiger partial charge in [0.1, 0.15) is 0 Å². The second kappa shape index (κ2) is 6.15. The van der Waals surface area contributed by atoms with Crippen molar-refractivity contribution in [2.24, 2.45) is 0 Å². The van der Waals surface area contributed by atoms with Gasteiger partial charge in [0.25, 0.3) is 0 Å². The number of rotatable bonds is 4. The standard InChI is InChI=1S/C13H23N3O/c1-3-10(4-2)13-15-12(16-17-13)11-8-6-5-7-9-14-11/h10-11,14H,3-9H2,1-2H3. The molecule has 0 radical (unpaired) electrons. The first-order chi connectivity index (χ1) is 8.35. The van der Waals surface area contributed by atoms with Crippen molar-refractivity contribution in [3.63, 3.8) is 0 Å². The van der Waals surface area contributed by atoms with Crippen LogP contribution in [0.1, 0.15) is 76.0 Å². The van der Waals surface area contributed by atoms with Crippen LogP contribution in [0, 0.1) is 0 Å². The van der Waals surface area contributed by atoms with Crippen LogP contribution >= 0.6 is 0 Å². The summed E-state index contributed by atoms with van der Waals surface area (Å²) in [6, 6.07) is 0.296. The molecule has 17 heavy (non-hydrogen) atoms. The minimum Gasteiger partial charge on any atom is -0.339 e. The second-order valence-corrected chi connectivity index (χ2v) is 4.86. The second-order valence-electron chi connectivity index (χ2n) is 4.86. The summed E-state index contributed by atoms with van der Waals surface area (Å²) < 4.78 is 5.40. The number of hydrogen-bond acceptors (Lipinski definition) is 4. The van der Waals surface area contributed by atoms with Gasteiger partial charge in [0, 0.05) is 5.92 Å². The molecule has 0 saturated carbocycles. The Balaban J connectivity index is 2.05. The van der Waals surface area contributed by atoms with Crippen molar-refractivity contribution in [1.29, 1.82) is 0 Å². The minimum absolute atomic E-state index is 0.296. The Bertz CT molecular complexity index is 325. The van der Waals surface area contributed by atoms with Crippen molar-refractivity contribution >= 4 is 0 Å². The summed E-state index contributed by atoms with van der Waals surface area (Å²) >= 11 is 0. The first-order valence-electron chi connectivity index (χ1n) is 6.92. The first-order valence-corrected chi connectivity index (χ1v) is 6.92. The van der Waals surface area contributed by atoms with E-state index >= 15 is 0 Å². The summed E-state index contributed by atoms with van der Waals surface area (Å²) in [5.41, 5.74) is 0. The number of aromatic nitrogens is 2. The Morgan fingerprint density at radius 3 is 2.88 bits per heavy atom. The third-order valence-electron chi connectivity index (χ3n) is 3.66. The highest BCUT2D eigenvalue weighted by molar-refractivity contribution is 4.98. The van der Waals surface area contributed by atoms with Crippen molar-refractivity contribution in [3.05, 3.63) is 11.7 Å². The van der Waals surface area contributed by atoms with Gasteiger partial charge in [0.15, 0.2) is 5.82 Å². The average molecular weight is 237 g/mol. The van der Waals surface area contributed by atoms with Crippen molar-refractivity contribution in [3.8, 4) is 0 Å². The Hall–Kier alpha value is -0.900. The maximum atomic E-state index is 5.40. The van der Waals surface area contributed by atoms with Crippen LogP contribution in [0.4, 0.5) is 0 Å². The van der Waals surface area contributed by atoms with Crippen LogP contribution in [-0.4, -0.2) is 16.7 Å². The molecule has 1 unspecified atom stereocenters. The molecular weight excluding hydrogens is 214 g/mol. The molecule has 0 bridgehead atoms. The van der Waals surface area contributed by atoms with Crippen LogP contribution in [0.5, 0.6) is 0 Å². The summed E-state index contributed by atoms with van der Waals surface area (Å²) in [6.07, 6.45) is 7.08. The zero-order valence-corrected chi connectivity index (χ0v) is 10.9. The average Bonchev–Trinajstić information content (AvgIpc) is 2.67. The Kier molecular flexibility index (Phi) is 4.54. The summed E-state index contributed by atoms with van der Waals surface area (Å²) in [7, 11) is 0. The fraction of sp³-hybridized carbons (Fsp3) is 0.846. The van der Waals surface area contributed by atoms with Gasteiger partial charge in [-0.1, -0.05) is 31.8 Å². The van der Waals surface area contributed by atoms with E-state index in [1.807, 2.05) is 0 Å². The van der Waals surface area contributed by atoms with Crippen molar-refractivity contribution in [2.45, 2.75) is 64.3 Å².